The minimum atomic E-state index is -1.16. The summed E-state index contributed by atoms with van der Waals surface area (Å²) in [6, 6.07) is 21.0. The summed E-state index contributed by atoms with van der Waals surface area (Å²) < 4.78 is 0. The van der Waals surface area contributed by atoms with Gasteiger partial charge in [0.25, 0.3) is 0 Å². The Hall–Kier alpha value is -3.40. The lowest BCUT2D eigenvalue weighted by molar-refractivity contribution is 0.0696. The van der Waals surface area contributed by atoms with Gasteiger partial charge in [-0.2, -0.15) is 0 Å². The summed E-state index contributed by atoms with van der Waals surface area (Å²) in [7, 11) is 0. The summed E-state index contributed by atoms with van der Waals surface area (Å²) in [5, 5.41) is 18.9. The van der Waals surface area contributed by atoms with Crippen LogP contribution in [0.2, 0.25) is 0 Å². The van der Waals surface area contributed by atoms with Crippen LogP contribution in [0, 0.1) is 0 Å². The normalized spacial score (nSPS) is 10.3. The Bertz CT molecular complexity index is 900. The number of rotatable bonds is 4. The second-order valence-corrected chi connectivity index (χ2v) is 5.29. The zero-order valence-corrected chi connectivity index (χ0v) is 12.6. The van der Waals surface area contributed by atoms with Crippen molar-refractivity contribution in [1.29, 1.82) is 0 Å². The maximum Gasteiger partial charge on any atom is 0.336 e. The highest BCUT2D eigenvalue weighted by molar-refractivity contribution is 6.04. The maximum absolute atomic E-state index is 11.8. The lowest BCUT2D eigenvalue weighted by Gasteiger charge is -2.15. The Morgan fingerprint density at radius 3 is 1.71 bits per heavy atom. The molecule has 118 valence electrons. The molecule has 0 spiro atoms. The van der Waals surface area contributed by atoms with Gasteiger partial charge in [0.2, 0.25) is 0 Å². The summed E-state index contributed by atoms with van der Waals surface area (Å²) in [4.78, 5) is 23.2. The quantitative estimate of drug-likeness (QED) is 0.747. The van der Waals surface area contributed by atoms with Gasteiger partial charge in [0.15, 0.2) is 0 Å². The molecule has 0 atom stereocenters. The summed E-state index contributed by atoms with van der Waals surface area (Å²) >= 11 is 0. The van der Waals surface area contributed by atoms with Gasteiger partial charge in [-0.3, -0.25) is 0 Å². The lowest BCUT2D eigenvalue weighted by atomic mass is 9.88. The van der Waals surface area contributed by atoms with Crippen molar-refractivity contribution in [3.05, 3.63) is 83.9 Å². The molecule has 0 amide bonds. The molecule has 3 rings (SSSR count). The molecule has 3 aromatic carbocycles. The summed E-state index contributed by atoms with van der Waals surface area (Å²) in [6.07, 6.45) is 0. The van der Waals surface area contributed by atoms with Gasteiger partial charge >= 0.3 is 11.9 Å². The fraction of sp³-hybridized carbons (Fsp3) is 0. The highest BCUT2D eigenvalue weighted by Gasteiger charge is 2.20. The van der Waals surface area contributed by atoms with Gasteiger partial charge in [0.1, 0.15) is 0 Å². The van der Waals surface area contributed by atoms with Crippen LogP contribution >= 0.6 is 0 Å². The first-order valence-electron chi connectivity index (χ1n) is 7.33. The smallest absolute Gasteiger partial charge is 0.336 e. The van der Waals surface area contributed by atoms with Crippen molar-refractivity contribution in [2.24, 2.45) is 0 Å². The Morgan fingerprint density at radius 1 is 0.667 bits per heavy atom. The molecule has 2 N–H and O–H groups in total. The van der Waals surface area contributed by atoms with Crippen molar-refractivity contribution in [2.75, 3.05) is 0 Å². The standard InChI is InChI=1S/C20H14O4/c21-19(22)15-11-16(13-7-3-1-4-8-13)18(17(12-15)20(23)24)14-9-5-2-6-10-14/h1-12H,(H,21,22)(H,23,24). The van der Waals surface area contributed by atoms with Crippen LogP contribution in [0.3, 0.4) is 0 Å². The minimum Gasteiger partial charge on any atom is -0.478 e. The molecule has 4 nitrogen and oxygen atoms in total. The maximum atomic E-state index is 11.8. The van der Waals surface area contributed by atoms with Crippen LogP contribution in [0.25, 0.3) is 22.3 Å². The van der Waals surface area contributed by atoms with E-state index in [4.69, 9.17) is 0 Å². The molecule has 0 bridgehead atoms. The number of carboxylic acid groups (broad SMARTS) is 2. The summed E-state index contributed by atoms with van der Waals surface area (Å²) in [6.45, 7) is 0. The Labute approximate surface area is 138 Å². The van der Waals surface area contributed by atoms with Crippen molar-refractivity contribution in [1.82, 2.24) is 0 Å². The molecule has 0 radical (unpaired) electrons. The number of hydrogen-bond donors (Lipinski definition) is 2. The minimum absolute atomic E-state index is 0.0278. The van der Waals surface area contributed by atoms with E-state index in [1.165, 1.54) is 12.1 Å². The highest BCUT2D eigenvalue weighted by atomic mass is 16.4. The average molecular weight is 318 g/mol. The van der Waals surface area contributed by atoms with Gasteiger partial charge in [-0.25, -0.2) is 9.59 Å². The van der Waals surface area contributed by atoms with Crippen LogP contribution in [0.4, 0.5) is 0 Å². The van der Waals surface area contributed by atoms with Gasteiger partial charge in [0.05, 0.1) is 11.1 Å². The van der Waals surface area contributed by atoms with Crippen LogP contribution in [0.1, 0.15) is 20.7 Å². The molecule has 0 unspecified atom stereocenters. The topological polar surface area (TPSA) is 74.6 Å². The molecule has 24 heavy (non-hydrogen) atoms. The second kappa shape index (κ2) is 6.38. The van der Waals surface area contributed by atoms with E-state index in [0.717, 1.165) is 11.1 Å². The van der Waals surface area contributed by atoms with Crippen LogP contribution in [0.5, 0.6) is 0 Å². The number of carboxylic acids is 2. The molecule has 0 aliphatic carbocycles. The predicted molar refractivity (Wildman–Crippen MR) is 91.2 cm³/mol. The predicted octanol–water partition coefficient (Wildman–Crippen LogP) is 4.42. The van der Waals surface area contributed by atoms with E-state index >= 15 is 0 Å². The van der Waals surface area contributed by atoms with Crippen molar-refractivity contribution in [3.8, 4) is 22.3 Å². The van der Waals surface area contributed by atoms with Crippen molar-refractivity contribution in [3.63, 3.8) is 0 Å². The molecule has 0 fully saturated rings. The molecule has 0 aliphatic rings. The largest absolute Gasteiger partial charge is 0.478 e. The Morgan fingerprint density at radius 2 is 1.21 bits per heavy atom. The molecular formula is C20H14O4. The fourth-order valence-corrected chi connectivity index (χ4v) is 2.70. The molecule has 0 heterocycles. The third-order valence-corrected chi connectivity index (χ3v) is 3.76. The molecule has 0 aliphatic heterocycles. The van der Waals surface area contributed by atoms with Gasteiger partial charge in [-0.05, 0) is 28.8 Å². The average Bonchev–Trinajstić information content (AvgIpc) is 2.62. The first kappa shape index (κ1) is 15.5. The molecule has 0 aromatic heterocycles. The van der Waals surface area contributed by atoms with Crippen molar-refractivity contribution < 1.29 is 19.8 Å². The van der Waals surface area contributed by atoms with Crippen LogP contribution in [0.15, 0.2) is 72.8 Å². The van der Waals surface area contributed by atoms with Gasteiger partial charge in [0, 0.05) is 5.56 Å². The highest BCUT2D eigenvalue weighted by Crippen LogP contribution is 2.36. The van der Waals surface area contributed by atoms with Crippen LogP contribution in [-0.4, -0.2) is 22.2 Å². The molecular weight excluding hydrogens is 304 g/mol. The lowest BCUT2D eigenvalue weighted by Crippen LogP contribution is -2.06. The Kier molecular flexibility index (Phi) is 4.12. The number of hydrogen-bond acceptors (Lipinski definition) is 2. The number of benzene rings is 3. The van der Waals surface area contributed by atoms with E-state index in [-0.39, 0.29) is 11.1 Å². The van der Waals surface area contributed by atoms with Gasteiger partial charge in [-0.15, -0.1) is 0 Å². The van der Waals surface area contributed by atoms with Gasteiger partial charge < -0.3 is 10.2 Å². The number of aromatic carboxylic acids is 2. The molecule has 0 saturated carbocycles. The zero-order valence-electron chi connectivity index (χ0n) is 12.6. The summed E-state index contributed by atoms with van der Waals surface area (Å²) in [5.74, 6) is -2.32. The molecule has 0 saturated heterocycles. The SMILES string of the molecule is O=C(O)c1cc(C(=O)O)c(-c2ccccc2)c(-c2ccccc2)c1. The fourth-order valence-electron chi connectivity index (χ4n) is 2.70. The van der Waals surface area contributed by atoms with Crippen molar-refractivity contribution >= 4 is 11.9 Å². The van der Waals surface area contributed by atoms with E-state index in [2.05, 4.69) is 0 Å². The number of carbonyl (C=O) groups is 2. The van der Waals surface area contributed by atoms with Crippen LogP contribution in [-0.2, 0) is 0 Å². The van der Waals surface area contributed by atoms with E-state index < -0.39 is 11.9 Å². The van der Waals surface area contributed by atoms with Crippen molar-refractivity contribution in [2.45, 2.75) is 0 Å². The third kappa shape index (κ3) is 2.90. The molecule has 3 aromatic rings. The monoisotopic (exact) mass is 318 g/mol. The molecule has 4 heteroatoms. The second-order valence-electron chi connectivity index (χ2n) is 5.29. The zero-order chi connectivity index (χ0) is 17.1. The summed E-state index contributed by atoms with van der Waals surface area (Å²) in [5.41, 5.74) is 2.51. The van der Waals surface area contributed by atoms with E-state index in [1.807, 2.05) is 60.7 Å². The Balaban J connectivity index is 2.40. The van der Waals surface area contributed by atoms with Crippen LogP contribution < -0.4 is 0 Å². The van der Waals surface area contributed by atoms with E-state index in [0.29, 0.717) is 11.1 Å². The van der Waals surface area contributed by atoms with E-state index in [9.17, 15) is 19.8 Å². The first-order valence-corrected chi connectivity index (χ1v) is 7.33. The first-order chi connectivity index (χ1) is 11.6. The van der Waals surface area contributed by atoms with Gasteiger partial charge in [-0.1, -0.05) is 60.7 Å². The van der Waals surface area contributed by atoms with E-state index in [1.54, 1.807) is 0 Å². The third-order valence-electron chi connectivity index (χ3n) is 3.76.